The molecular formula is C12H14ClNO. The fourth-order valence-corrected chi connectivity index (χ4v) is 1.61. The molecule has 0 spiro atoms. The van der Waals surface area contributed by atoms with Crippen molar-refractivity contribution in [3.8, 4) is 11.8 Å². The van der Waals surface area contributed by atoms with Gasteiger partial charge < -0.3 is 4.74 Å². The van der Waals surface area contributed by atoms with Gasteiger partial charge in [-0.1, -0.05) is 24.6 Å². The molecule has 0 aliphatic carbocycles. The Hall–Kier alpha value is -1.20. The topological polar surface area (TPSA) is 33.0 Å². The largest absolute Gasteiger partial charge is 0.497 e. The van der Waals surface area contributed by atoms with E-state index in [0.717, 1.165) is 17.7 Å². The fraction of sp³-hybridized carbons (Fsp3) is 0.417. The Morgan fingerprint density at radius 1 is 1.53 bits per heavy atom. The zero-order valence-corrected chi connectivity index (χ0v) is 9.71. The molecule has 15 heavy (non-hydrogen) atoms. The maximum Gasteiger partial charge on any atom is 0.120 e. The summed E-state index contributed by atoms with van der Waals surface area (Å²) in [4.78, 5) is 0. The Morgan fingerprint density at radius 3 is 2.73 bits per heavy atom. The maximum absolute atomic E-state index is 8.86. The van der Waals surface area contributed by atoms with Crippen LogP contribution in [0, 0.1) is 17.2 Å². The van der Waals surface area contributed by atoms with E-state index in [1.807, 2.05) is 19.1 Å². The lowest BCUT2D eigenvalue weighted by molar-refractivity contribution is 0.414. The van der Waals surface area contributed by atoms with Crippen molar-refractivity contribution in [3.05, 3.63) is 28.8 Å². The zero-order chi connectivity index (χ0) is 11.3. The summed E-state index contributed by atoms with van der Waals surface area (Å²) in [6.07, 6.45) is 1.55. The van der Waals surface area contributed by atoms with E-state index >= 15 is 0 Å². The first-order valence-corrected chi connectivity index (χ1v) is 5.31. The molecule has 0 saturated carbocycles. The van der Waals surface area contributed by atoms with Crippen molar-refractivity contribution in [2.45, 2.75) is 19.8 Å². The van der Waals surface area contributed by atoms with E-state index in [1.54, 1.807) is 13.2 Å². The molecule has 1 aromatic carbocycles. The summed E-state index contributed by atoms with van der Waals surface area (Å²) in [7, 11) is 1.61. The number of nitrogens with zero attached hydrogens (tertiary/aromatic N) is 1. The quantitative estimate of drug-likeness (QED) is 0.784. The predicted octanol–water partition coefficient (Wildman–Crippen LogP) is 3.44. The van der Waals surface area contributed by atoms with Gasteiger partial charge in [0.25, 0.3) is 0 Å². The third-order valence-corrected chi connectivity index (χ3v) is 2.75. The van der Waals surface area contributed by atoms with Crippen molar-refractivity contribution in [1.29, 1.82) is 5.26 Å². The second-order valence-electron chi connectivity index (χ2n) is 3.40. The molecule has 0 aromatic heterocycles. The highest BCUT2D eigenvalue weighted by Gasteiger charge is 2.09. The van der Waals surface area contributed by atoms with Crippen molar-refractivity contribution in [1.82, 2.24) is 0 Å². The van der Waals surface area contributed by atoms with Crippen LogP contribution in [0.2, 0.25) is 5.02 Å². The number of hydrogen-bond donors (Lipinski definition) is 0. The minimum atomic E-state index is 0.0379. The Bertz CT molecular complexity index is 370. The highest BCUT2D eigenvalue weighted by molar-refractivity contribution is 6.31. The monoisotopic (exact) mass is 223 g/mol. The minimum Gasteiger partial charge on any atom is -0.497 e. The number of hydrogen-bond acceptors (Lipinski definition) is 2. The van der Waals surface area contributed by atoms with Gasteiger partial charge >= 0.3 is 0 Å². The first-order valence-electron chi connectivity index (χ1n) is 4.93. The van der Waals surface area contributed by atoms with Crippen LogP contribution in [0.3, 0.4) is 0 Å². The molecule has 0 radical (unpaired) electrons. The molecule has 0 saturated heterocycles. The molecule has 0 bridgehead atoms. The van der Waals surface area contributed by atoms with Gasteiger partial charge in [-0.3, -0.25) is 0 Å². The molecule has 1 rings (SSSR count). The minimum absolute atomic E-state index is 0.0379. The predicted molar refractivity (Wildman–Crippen MR) is 61.1 cm³/mol. The van der Waals surface area contributed by atoms with Crippen LogP contribution in [-0.4, -0.2) is 7.11 Å². The molecule has 80 valence electrons. The summed E-state index contributed by atoms with van der Waals surface area (Å²) in [5.41, 5.74) is 1.01. The third-order valence-electron chi connectivity index (χ3n) is 2.40. The van der Waals surface area contributed by atoms with E-state index in [9.17, 15) is 0 Å². The molecule has 0 aliphatic heterocycles. The van der Waals surface area contributed by atoms with E-state index in [1.165, 1.54) is 0 Å². The Kier molecular flexibility index (Phi) is 4.45. The van der Waals surface area contributed by atoms with Gasteiger partial charge in [0.1, 0.15) is 5.75 Å². The molecule has 0 fully saturated rings. The summed E-state index contributed by atoms with van der Waals surface area (Å²) in [6, 6.07) is 7.83. The molecule has 1 unspecified atom stereocenters. The van der Waals surface area contributed by atoms with Gasteiger partial charge in [-0.2, -0.15) is 5.26 Å². The van der Waals surface area contributed by atoms with Gasteiger partial charge in [0, 0.05) is 5.02 Å². The third kappa shape index (κ3) is 3.14. The molecule has 1 aromatic rings. The maximum atomic E-state index is 8.86. The summed E-state index contributed by atoms with van der Waals surface area (Å²) >= 11 is 6.08. The van der Waals surface area contributed by atoms with E-state index < -0.39 is 0 Å². The molecular weight excluding hydrogens is 210 g/mol. The van der Waals surface area contributed by atoms with Gasteiger partial charge in [-0.05, 0) is 30.5 Å². The standard InChI is InChI=1S/C12H14ClNO/c1-3-9(8-14)6-10-4-5-11(15-2)7-12(10)13/h4-5,7,9H,3,6H2,1-2H3. The van der Waals surface area contributed by atoms with E-state index in [-0.39, 0.29) is 5.92 Å². The first-order chi connectivity index (χ1) is 7.21. The number of ether oxygens (including phenoxy) is 1. The van der Waals surface area contributed by atoms with Crippen LogP contribution in [0.5, 0.6) is 5.75 Å². The highest BCUT2D eigenvalue weighted by atomic mass is 35.5. The SMILES string of the molecule is CCC(C#N)Cc1ccc(OC)cc1Cl. The van der Waals surface area contributed by atoms with Crippen LogP contribution in [0.15, 0.2) is 18.2 Å². The van der Waals surface area contributed by atoms with E-state index in [0.29, 0.717) is 11.4 Å². The highest BCUT2D eigenvalue weighted by Crippen LogP contribution is 2.25. The van der Waals surface area contributed by atoms with Gasteiger partial charge in [0.15, 0.2) is 0 Å². The molecule has 2 nitrogen and oxygen atoms in total. The normalized spacial score (nSPS) is 11.9. The van der Waals surface area contributed by atoms with Gasteiger partial charge in [-0.25, -0.2) is 0 Å². The summed E-state index contributed by atoms with van der Waals surface area (Å²) < 4.78 is 5.06. The van der Waals surface area contributed by atoms with Gasteiger partial charge in [0.05, 0.1) is 19.1 Å². The van der Waals surface area contributed by atoms with Crippen molar-refractivity contribution in [2.75, 3.05) is 7.11 Å². The molecule has 1 atom stereocenters. The number of halogens is 1. The lowest BCUT2D eigenvalue weighted by Gasteiger charge is -2.09. The molecule has 0 amide bonds. The number of rotatable bonds is 4. The van der Waals surface area contributed by atoms with E-state index in [2.05, 4.69) is 6.07 Å². The van der Waals surface area contributed by atoms with Gasteiger partial charge in [-0.15, -0.1) is 0 Å². The van der Waals surface area contributed by atoms with Crippen molar-refractivity contribution >= 4 is 11.6 Å². The van der Waals surface area contributed by atoms with E-state index in [4.69, 9.17) is 21.6 Å². The number of benzene rings is 1. The van der Waals surface area contributed by atoms with Crippen LogP contribution in [0.1, 0.15) is 18.9 Å². The molecule has 0 heterocycles. The van der Waals surface area contributed by atoms with Crippen molar-refractivity contribution in [2.24, 2.45) is 5.92 Å². The van der Waals surface area contributed by atoms with Crippen LogP contribution in [0.4, 0.5) is 0 Å². The first kappa shape index (κ1) is 11.9. The van der Waals surface area contributed by atoms with Crippen LogP contribution in [-0.2, 0) is 6.42 Å². The Morgan fingerprint density at radius 2 is 2.27 bits per heavy atom. The van der Waals surface area contributed by atoms with Crippen molar-refractivity contribution < 1.29 is 4.74 Å². The second kappa shape index (κ2) is 5.63. The lowest BCUT2D eigenvalue weighted by Crippen LogP contribution is -2.00. The second-order valence-corrected chi connectivity index (χ2v) is 3.80. The molecule has 0 aliphatic rings. The number of nitriles is 1. The lowest BCUT2D eigenvalue weighted by atomic mass is 9.98. The van der Waals surface area contributed by atoms with Crippen molar-refractivity contribution in [3.63, 3.8) is 0 Å². The smallest absolute Gasteiger partial charge is 0.120 e. The zero-order valence-electron chi connectivity index (χ0n) is 8.96. The number of methoxy groups -OCH3 is 1. The van der Waals surface area contributed by atoms with Crippen LogP contribution >= 0.6 is 11.6 Å². The molecule has 0 N–H and O–H groups in total. The Balaban J connectivity index is 2.83. The molecule has 3 heteroatoms. The average molecular weight is 224 g/mol. The van der Waals surface area contributed by atoms with Crippen LogP contribution in [0.25, 0.3) is 0 Å². The Labute approximate surface area is 95.4 Å². The van der Waals surface area contributed by atoms with Gasteiger partial charge in [0.2, 0.25) is 0 Å². The average Bonchev–Trinajstić information content (AvgIpc) is 2.27. The fourth-order valence-electron chi connectivity index (χ4n) is 1.37. The summed E-state index contributed by atoms with van der Waals surface area (Å²) in [6.45, 7) is 2.01. The summed E-state index contributed by atoms with van der Waals surface area (Å²) in [5.74, 6) is 0.782. The van der Waals surface area contributed by atoms with Crippen LogP contribution < -0.4 is 4.74 Å². The summed E-state index contributed by atoms with van der Waals surface area (Å²) in [5, 5.41) is 9.53.